The van der Waals surface area contributed by atoms with Gasteiger partial charge in [0.25, 0.3) is 0 Å². The van der Waals surface area contributed by atoms with Gasteiger partial charge in [0.2, 0.25) is 0 Å². The van der Waals surface area contributed by atoms with E-state index in [1.54, 1.807) is 21.3 Å². The fourth-order valence-electron chi connectivity index (χ4n) is 4.96. The van der Waals surface area contributed by atoms with Crippen LogP contribution in [0.5, 0.6) is 0 Å². The van der Waals surface area contributed by atoms with Crippen LogP contribution < -0.4 is 0 Å². The summed E-state index contributed by atoms with van der Waals surface area (Å²) in [6.07, 6.45) is 23.0. The van der Waals surface area contributed by atoms with E-state index < -0.39 is 8.80 Å². The Morgan fingerprint density at radius 1 is 0.645 bits per heavy atom. The van der Waals surface area contributed by atoms with Crippen LogP contribution in [0.2, 0.25) is 5.54 Å². The quantitative estimate of drug-likeness (QED) is 0.0831. The molecule has 0 rings (SSSR count). The van der Waals surface area contributed by atoms with Gasteiger partial charge in [-0.1, -0.05) is 117 Å². The molecule has 0 radical (unpaired) electrons. The Kier molecular flexibility index (Phi) is 20.1. The lowest BCUT2D eigenvalue weighted by molar-refractivity contribution is 0.0835. The summed E-state index contributed by atoms with van der Waals surface area (Å²) in [5, 5.41) is 0. The molecule has 188 valence electrons. The highest BCUT2D eigenvalue weighted by Gasteiger charge is 2.53. The molecule has 0 aliphatic heterocycles. The van der Waals surface area contributed by atoms with Crippen LogP contribution in [0.25, 0.3) is 0 Å². The highest BCUT2D eigenvalue weighted by atomic mass is 35.5. The molecule has 1 unspecified atom stereocenters. The molecule has 0 aromatic carbocycles. The molecule has 1 atom stereocenters. The van der Waals surface area contributed by atoms with E-state index in [2.05, 4.69) is 20.8 Å². The van der Waals surface area contributed by atoms with Crippen molar-refractivity contribution in [2.75, 3.05) is 27.2 Å². The molecule has 0 N–H and O–H groups in total. The molecule has 5 heteroatoms. The first-order valence-electron chi connectivity index (χ1n) is 13.2. The van der Waals surface area contributed by atoms with E-state index in [0.29, 0.717) is 5.88 Å². The van der Waals surface area contributed by atoms with E-state index in [9.17, 15) is 0 Å². The molecule has 0 heterocycles. The van der Waals surface area contributed by atoms with Crippen molar-refractivity contribution in [1.29, 1.82) is 0 Å². The molecular weight excluding hydrogens is 424 g/mol. The number of alkyl halides is 1. The molecule has 0 spiro atoms. The second-order valence-corrected chi connectivity index (χ2v) is 13.4. The van der Waals surface area contributed by atoms with E-state index in [-0.39, 0.29) is 11.0 Å². The second kappa shape index (κ2) is 19.8. The van der Waals surface area contributed by atoms with E-state index in [1.165, 1.54) is 96.3 Å². The van der Waals surface area contributed by atoms with E-state index >= 15 is 0 Å². The van der Waals surface area contributed by atoms with Crippen molar-refractivity contribution in [2.45, 2.75) is 135 Å². The van der Waals surface area contributed by atoms with Crippen LogP contribution in [-0.4, -0.2) is 36.0 Å². The van der Waals surface area contributed by atoms with Gasteiger partial charge in [-0.3, -0.25) is 0 Å². The molecule has 31 heavy (non-hydrogen) atoms. The van der Waals surface area contributed by atoms with Crippen LogP contribution in [0.15, 0.2) is 0 Å². The SMILES string of the molecule is CCCCCCCCCCCCCCCCCC(C)(C)C(CCCl)[Si](OC)(OC)OC. The third-order valence-electron chi connectivity index (χ3n) is 7.05. The van der Waals surface area contributed by atoms with Crippen LogP contribution in [0.1, 0.15) is 130 Å². The minimum absolute atomic E-state index is 0.0969. The fraction of sp³-hybridized carbons (Fsp3) is 1.00. The van der Waals surface area contributed by atoms with Crippen LogP contribution in [0.4, 0.5) is 0 Å². The molecule has 0 bridgehead atoms. The third-order valence-corrected chi connectivity index (χ3v) is 10.9. The molecule has 0 aliphatic rings. The summed E-state index contributed by atoms with van der Waals surface area (Å²) in [6, 6.07) is 0. The Bertz CT molecular complexity index is 381. The van der Waals surface area contributed by atoms with Gasteiger partial charge in [-0.25, -0.2) is 0 Å². The third kappa shape index (κ3) is 13.6. The fourth-order valence-corrected chi connectivity index (χ4v) is 8.31. The average Bonchev–Trinajstić information content (AvgIpc) is 2.77. The summed E-state index contributed by atoms with van der Waals surface area (Å²) in [4.78, 5) is 0. The van der Waals surface area contributed by atoms with Crippen molar-refractivity contribution in [1.82, 2.24) is 0 Å². The summed E-state index contributed by atoms with van der Waals surface area (Å²) in [7, 11) is 2.44. The molecule has 0 saturated heterocycles. The van der Waals surface area contributed by atoms with Gasteiger partial charge >= 0.3 is 8.80 Å². The van der Waals surface area contributed by atoms with Gasteiger partial charge in [0.1, 0.15) is 0 Å². The highest BCUT2D eigenvalue weighted by Crippen LogP contribution is 2.46. The predicted molar refractivity (Wildman–Crippen MR) is 139 cm³/mol. The number of hydrogen-bond acceptors (Lipinski definition) is 3. The summed E-state index contributed by atoms with van der Waals surface area (Å²) in [5.41, 5.74) is 0.323. The van der Waals surface area contributed by atoms with Gasteiger partial charge in [-0.05, 0) is 18.3 Å². The van der Waals surface area contributed by atoms with E-state index in [1.807, 2.05) is 0 Å². The maximum absolute atomic E-state index is 6.13. The van der Waals surface area contributed by atoms with Crippen molar-refractivity contribution >= 4 is 20.4 Å². The smallest absolute Gasteiger partial charge is 0.377 e. The van der Waals surface area contributed by atoms with Gasteiger partial charge < -0.3 is 13.3 Å². The first-order valence-corrected chi connectivity index (χ1v) is 15.5. The summed E-state index contributed by atoms with van der Waals surface area (Å²) >= 11 is 6.13. The number of unbranched alkanes of at least 4 members (excludes halogenated alkanes) is 14. The summed E-state index contributed by atoms with van der Waals surface area (Å²) < 4.78 is 17.4. The topological polar surface area (TPSA) is 27.7 Å². The Balaban J connectivity index is 3.90. The van der Waals surface area contributed by atoms with Crippen LogP contribution in [0, 0.1) is 5.41 Å². The Morgan fingerprint density at radius 3 is 1.32 bits per heavy atom. The zero-order valence-corrected chi connectivity index (χ0v) is 23.7. The number of halogens is 1. The monoisotopic (exact) mass is 478 g/mol. The largest absolute Gasteiger partial charge is 0.504 e. The van der Waals surface area contributed by atoms with Gasteiger partial charge in [0, 0.05) is 32.8 Å². The van der Waals surface area contributed by atoms with Gasteiger partial charge in [0.05, 0.1) is 0 Å². The predicted octanol–water partition coefficient (Wildman–Crippen LogP) is 9.15. The number of rotatable bonds is 23. The lowest BCUT2D eigenvalue weighted by Gasteiger charge is -2.42. The van der Waals surface area contributed by atoms with Crippen molar-refractivity contribution in [3.63, 3.8) is 0 Å². The summed E-state index contributed by atoms with van der Waals surface area (Å²) in [5.74, 6) is 0.609. The Hall–Kier alpha value is 0.387. The van der Waals surface area contributed by atoms with Gasteiger partial charge in [-0.15, -0.1) is 11.6 Å². The molecule has 0 aliphatic carbocycles. The molecule has 0 fully saturated rings. The average molecular weight is 479 g/mol. The van der Waals surface area contributed by atoms with Gasteiger partial charge in [-0.2, -0.15) is 0 Å². The molecule has 0 aromatic rings. The number of hydrogen-bond donors (Lipinski definition) is 0. The van der Waals surface area contributed by atoms with Crippen molar-refractivity contribution < 1.29 is 13.3 Å². The summed E-state index contributed by atoms with van der Waals surface area (Å²) in [6.45, 7) is 6.94. The molecular formula is C26H55ClO3Si. The van der Waals surface area contributed by atoms with E-state index in [0.717, 1.165) is 12.8 Å². The van der Waals surface area contributed by atoms with Crippen molar-refractivity contribution in [2.24, 2.45) is 5.41 Å². The lowest BCUT2D eigenvalue weighted by atomic mass is 9.82. The second-order valence-electron chi connectivity index (χ2n) is 9.93. The standard InChI is InChI=1S/C26H55ClO3Si/c1-7-8-9-10-11-12-13-14-15-16-17-18-19-20-21-23-26(2,3)25(22-24-27)31(28-4,29-5)30-6/h25H,7-24H2,1-6H3. The zero-order valence-electron chi connectivity index (χ0n) is 21.9. The van der Waals surface area contributed by atoms with Crippen LogP contribution >= 0.6 is 11.6 Å². The molecule has 0 saturated carbocycles. The van der Waals surface area contributed by atoms with E-state index in [4.69, 9.17) is 24.9 Å². The maximum atomic E-state index is 6.13. The Morgan fingerprint density at radius 2 is 1.00 bits per heavy atom. The minimum Gasteiger partial charge on any atom is -0.377 e. The van der Waals surface area contributed by atoms with Gasteiger partial charge in [0.15, 0.2) is 0 Å². The molecule has 0 aromatic heterocycles. The highest BCUT2D eigenvalue weighted by molar-refractivity contribution is 6.62. The first-order chi connectivity index (χ1) is 14.9. The lowest BCUT2D eigenvalue weighted by Crippen LogP contribution is -2.52. The first kappa shape index (κ1) is 31.4. The normalized spacial score (nSPS) is 13.6. The van der Waals surface area contributed by atoms with Crippen LogP contribution in [0.3, 0.4) is 0 Å². The van der Waals surface area contributed by atoms with Crippen LogP contribution in [-0.2, 0) is 13.3 Å². The minimum atomic E-state index is -2.70. The Labute approximate surface area is 201 Å². The zero-order chi connectivity index (χ0) is 23.4. The van der Waals surface area contributed by atoms with Crippen molar-refractivity contribution in [3.05, 3.63) is 0 Å². The molecule has 0 amide bonds. The van der Waals surface area contributed by atoms with Crippen molar-refractivity contribution in [3.8, 4) is 0 Å². The maximum Gasteiger partial charge on any atom is 0.504 e. The molecule has 3 nitrogen and oxygen atoms in total.